The Labute approximate surface area is 121 Å². The van der Waals surface area contributed by atoms with E-state index in [0.29, 0.717) is 17.6 Å². The van der Waals surface area contributed by atoms with Crippen molar-refractivity contribution in [1.29, 1.82) is 0 Å². The number of amides is 1. The number of aliphatic hydroxyl groups is 1. The van der Waals surface area contributed by atoms with Crippen molar-refractivity contribution >= 4 is 29.3 Å². The van der Waals surface area contributed by atoms with Crippen LogP contribution in [-0.2, 0) is 0 Å². The summed E-state index contributed by atoms with van der Waals surface area (Å²) < 4.78 is 0. The molecule has 2 N–H and O–H groups in total. The summed E-state index contributed by atoms with van der Waals surface area (Å²) in [6.07, 6.45) is 5.54. The van der Waals surface area contributed by atoms with Gasteiger partial charge in [0.25, 0.3) is 5.91 Å². The van der Waals surface area contributed by atoms with Gasteiger partial charge in [-0.2, -0.15) is 0 Å². The number of hydrogen-bond acceptors (Lipinski definition) is 5. The summed E-state index contributed by atoms with van der Waals surface area (Å²) in [6.45, 7) is 0.546. The van der Waals surface area contributed by atoms with Gasteiger partial charge in [0.1, 0.15) is 0 Å². The maximum absolute atomic E-state index is 12.0. The van der Waals surface area contributed by atoms with Crippen LogP contribution in [-0.4, -0.2) is 39.9 Å². The number of nitrogens with one attached hydrogen (secondary N) is 1. The number of carbonyl (C=O) groups is 1. The molecule has 0 aliphatic heterocycles. The Morgan fingerprint density at radius 3 is 3.05 bits per heavy atom. The van der Waals surface area contributed by atoms with Gasteiger partial charge in [0.2, 0.25) is 0 Å². The summed E-state index contributed by atoms with van der Waals surface area (Å²) in [6, 6.07) is 0. The van der Waals surface area contributed by atoms with Gasteiger partial charge in [-0.15, -0.1) is 0 Å². The van der Waals surface area contributed by atoms with E-state index in [1.54, 1.807) is 0 Å². The van der Waals surface area contributed by atoms with Gasteiger partial charge in [0, 0.05) is 6.54 Å². The highest BCUT2D eigenvalue weighted by Gasteiger charge is 2.23. The third-order valence-electron chi connectivity index (χ3n) is 3.18. The maximum Gasteiger partial charge on any atom is 0.271 e. The molecule has 2 atom stereocenters. The smallest absolute Gasteiger partial charge is 0.271 e. The number of carbonyl (C=O) groups excluding carboxylic acids is 1. The highest BCUT2D eigenvalue weighted by molar-refractivity contribution is 7.98. The number of hydrogen-bond donors (Lipinski definition) is 2. The third kappa shape index (κ3) is 3.81. The minimum absolute atomic E-state index is 0.208. The zero-order chi connectivity index (χ0) is 13.8. The molecule has 1 saturated carbocycles. The molecular formula is C12H16ClN3O2S. The van der Waals surface area contributed by atoms with Crippen molar-refractivity contribution in [3.8, 4) is 0 Å². The monoisotopic (exact) mass is 301 g/mol. The lowest BCUT2D eigenvalue weighted by molar-refractivity contribution is 0.0939. The van der Waals surface area contributed by atoms with Crippen molar-refractivity contribution in [3.05, 3.63) is 16.9 Å². The van der Waals surface area contributed by atoms with Gasteiger partial charge < -0.3 is 10.4 Å². The minimum atomic E-state index is -0.288. The molecule has 0 bridgehead atoms. The fourth-order valence-electron chi connectivity index (χ4n) is 2.16. The lowest BCUT2D eigenvalue weighted by Gasteiger charge is -2.11. The molecule has 1 amide bonds. The van der Waals surface area contributed by atoms with E-state index in [9.17, 15) is 9.90 Å². The molecule has 0 saturated heterocycles. The molecule has 1 aromatic rings. The number of rotatable bonds is 4. The van der Waals surface area contributed by atoms with Crippen molar-refractivity contribution < 1.29 is 9.90 Å². The topological polar surface area (TPSA) is 75.1 Å². The Morgan fingerprint density at radius 2 is 2.42 bits per heavy atom. The zero-order valence-electron chi connectivity index (χ0n) is 10.6. The molecule has 0 radical (unpaired) electrons. The van der Waals surface area contributed by atoms with E-state index in [1.165, 1.54) is 18.0 Å². The van der Waals surface area contributed by atoms with Crippen LogP contribution in [0.1, 0.15) is 29.8 Å². The molecule has 2 rings (SSSR count). The highest BCUT2D eigenvalue weighted by atomic mass is 35.5. The summed E-state index contributed by atoms with van der Waals surface area (Å²) in [5.41, 5.74) is 0.208. The van der Waals surface area contributed by atoms with Crippen LogP contribution in [0.25, 0.3) is 0 Å². The standard InChI is InChI=1S/C12H16ClN3O2S/c1-19-12-15-6-9(13)10(16-12)11(18)14-5-7-2-3-8(17)4-7/h6-8,17H,2-5H2,1H3,(H,14,18). The number of aliphatic hydroxyl groups excluding tert-OH is 1. The predicted octanol–water partition coefficient (Wildman–Crippen LogP) is 1.74. The Morgan fingerprint density at radius 1 is 1.63 bits per heavy atom. The van der Waals surface area contributed by atoms with Crippen LogP contribution in [0, 0.1) is 5.92 Å². The fraction of sp³-hybridized carbons (Fsp3) is 0.583. The van der Waals surface area contributed by atoms with E-state index in [2.05, 4.69) is 15.3 Å². The average Bonchev–Trinajstić information content (AvgIpc) is 2.82. The van der Waals surface area contributed by atoms with E-state index < -0.39 is 0 Å². The molecule has 1 aliphatic rings. The van der Waals surface area contributed by atoms with E-state index >= 15 is 0 Å². The van der Waals surface area contributed by atoms with Crippen molar-refractivity contribution in [1.82, 2.24) is 15.3 Å². The first-order chi connectivity index (χ1) is 9.10. The van der Waals surface area contributed by atoms with Gasteiger partial charge >= 0.3 is 0 Å². The molecule has 5 nitrogen and oxygen atoms in total. The Kier molecular flexibility index (Phi) is 5.01. The second-order valence-corrected chi connectivity index (χ2v) is 5.78. The number of aromatic nitrogens is 2. The number of thioether (sulfide) groups is 1. The molecule has 1 aromatic heterocycles. The van der Waals surface area contributed by atoms with Gasteiger partial charge in [-0.3, -0.25) is 4.79 Å². The van der Waals surface area contributed by atoms with Crippen molar-refractivity contribution in [2.75, 3.05) is 12.8 Å². The third-order valence-corrected chi connectivity index (χ3v) is 4.02. The van der Waals surface area contributed by atoms with Gasteiger partial charge in [-0.05, 0) is 31.4 Å². The molecule has 19 heavy (non-hydrogen) atoms. The van der Waals surface area contributed by atoms with Crippen molar-refractivity contribution in [2.45, 2.75) is 30.5 Å². The molecule has 1 fully saturated rings. The summed E-state index contributed by atoms with van der Waals surface area (Å²) in [5.74, 6) is 0.0451. The van der Waals surface area contributed by atoms with Gasteiger partial charge in [-0.1, -0.05) is 23.4 Å². The van der Waals surface area contributed by atoms with Crippen LogP contribution in [0.3, 0.4) is 0 Å². The summed E-state index contributed by atoms with van der Waals surface area (Å²) >= 11 is 7.29. The van der Waals surface area contributed by atoms with Gasteiger partial charge in [0.05, 0.1) is 17.3 Å². The molecule has 2 unspecified atom stereocenters. The Hall–Kier alpha value is -0.850. The van der Waals surface area contributed by atoms with E-state index in [0.717, 1.165) is 19.3 Å². The Balaban J connectivity index is 1.96. The van der Waals surface area contributed by atoms with Crippen LogP contribution in [0.15, 0.2) is 11.4 Å². The lowest BCUT2D eigenvalue weighted by atomic mass is 10.1. The Bertz CT molecular complexity index is 472. The van der Waals surface area contributed by atoms with Crippen LogP contribution < -0.4 is 5.32 Å². The summed E-state index contributed by atoms with van der Waals surface area (Å²) in [4.78, 5) is 20.1. The first-order valence-corrected chi connectivity index (χ1v) is 7.73. The van der Waals surface area contributed by atoms with Gasteiger partial charge in [-0.25, -0.2) is 9.97 Å². The maximum atomic E-state index is 12.0. The summed E-state index contributed by atoms with van der Waals surface area (Å²) in [7, 11) is 0. The van der Waals surface area contributed by atoms with Gasteiger partial charge in [0.15, 0.2) is 10.9 Å². The van der Waals surface area contributed by atoms with Crippen molar-refractivity contribution in [3.63, 3.8) is 0 Å². The van der Waals surface area contributed by atoms with E-state index in [-0.39, 0.29) is 22.7 Å². The average molecular weight is 302 g/mol. The molecule has 104 valence electrons. The van der Waals surface area contributed by atoms with Crippen LogP contribution in [0.4, 0.5) is 0 Å². The van der Waals surface area contributed by atoms with Crippen LogP contribution >= 0.6 is 23.4 Å². The molecule has 0 aromatic carbocycles. The quantitative estimate of drug-likeness (QED) is 0.654. The lowest BCUT2D eigenvalue weighted by Crippen LogP contribution is -2.29. The summed E-state index contributed by atoms with van der Waals surface area (Å²) in [5, 5.41) is 13.0. The SMILES string of the molecule is CSc1ncc(Cl)c(C(=O)NCC2CCC(O)C2)n1. The normalized spacial score (nSPS) is 22.5. The minimum Gasteiger partial charge on any atom is -0.393 e. The largest absolute Gasteiger partial charge is 0.393 e. The van der Waals surface area contributed by atoms with E-state index in [1.807, 2.05) is 6.26 Å². The van der Waals surface area contributed by atoms with Crippen LogP contribution in [0.2, 0.25) is 5.02 Å². The predicted molar refractivity (Wildman–Crippen MR) is 74.5 cm³/mol. The number of halogens is 1. The molecule has 1 aliphatic carbocycles. The van der Waals surface area contributed by atoms with Crippen molar-refractivity contribution in [2.24, 2.45) is 5.92 Å². The van der Waals surface area contributed by atoms with Crippen LogP contribution in [0.5, 0.6) is 0 Å². The molecule has 1 heterocycles. The molecular weight excluding hydrogens is 286 g/mol. The second kappa shape index (κ2) is 6.54. The fourth-order valence-corrected chi connectivity index (χ4v) is 2.68. The zero-order valence-corrected chi connectivity index (χ0v) is 12.2. The number of nitrogens with zero attached hydrogens (tertiary/aromatic N) is 2. The van der Waals surface area contributed by atoms with E-state index in [4.69, 9.17) is 11.6 Å². The molecule has 7 heteroatoms. The first-order valence-electron chi connectivity index (χ1n) is 6.13. The second-order valence-electron chi connectivity index (χ2n) is 4.60. The molecule has 0 spiro atoms. The highest BCUT2D eigenvalue weighted by Crippen LogP contribution is 2.24. The first kappa shape index (κ1) is 14.6.